The van der Waals surface area contributed by atoms with Crippen molar-refractivity contribution in [2.45, 2.75) is 25.6 Å². The number of anilines is 1. The van der Waals surface area contributed by atoms with Gasteiger partial charge in [-0.25, -0.2) is 4.98 Å². The van der Waals surface area contributed by atoms with E-state index < -0.39 is 0 Å². The molecule has 88 valence electrons. The van der Waals surface area contributed by atoms with Crippen molar-refractivity contribution in [3.63, 3.8) is 0 Å². The zero-order valence-corrected chi connectivity index (χ0v) is 11.8. The molecule has 1 aromatic heterocycles. The Hall–Kier alpha value is -0.570. The van der Waals surface area contributed by atoms with Gasteiger partial charge in [0, 0.05) is 25.1 Å². The number of hydrogen-bond acceptors (Lipinski definition) is 2. The fourth-order valence-corrected chi connectivity index (χ4v) is 2.50. The van der Waals surface area contributed by atoms with Crippen molar-refractivity contribution in [3.05, 3.63) is 23.4 Å². The summed E-state index contributed by atoms with van der Waals surface area (Å²) in [7, 11) is 2.15. The molecule has 2 unspecified atom stereocenters. The molecule has 0 bridgehead atoms. The van der Waals surface area contributed by atoms with Gasteiger partial charge >= 0.3 is 0 Å². The molecular formula is C13H19BrN2. The van der Waals surface area contributed by atoms with E-state index in [1.165, 1.54) is 17.5 Å². The molecule has 0 N–H and O–H groups in total. The van der Waals surface area contributed by atoms with Crippen molar-refractivity contribution in [1.82, 2.24) is 4.98 Å². The van der Waals surface area contributed by atoms with Crippen molar-refractivity contribution in [2.24, 2.45) is 11.8 Å². The standard InChI is InChI=1S/C13H19BrN2/c1-9-5-12(9)8-16(3)13-10(2)4-11(6-14)7-15-13/h4,7,9,12H,5-6,8H2,1-3H3. The van der Waals surface area contributed by atoms with Crippen LogP contribution in [-0.4, -0.2) is 18.6 Å². The molecule has 1 aromatic rings. The highest BCUT2D eigenvalue weighted by molar-refractivity contribution is 9.08. The second-order valence-corrected chi connectivity index (χ2v) is 5.53. The van der Waals surface area contributed by atoms with Gasteiger partial charge < -0.3 is 4.90 Å². The van der Waals surface area contributed by atoms with Crippen molar-refractivity contribution in [3.8, 4) is 0 Å². The molecule has 0 amide bonds. The van der Waals surface area contributed by atoms with Crippen molar-refractivity contribution >= 4 is 21.7 Å². The van der Waals surface area contributed by atoms with Crippen LogP contribution in [-0.2, 0) is 5.33 Å². The monoisotopic (exact) mass is 282 g/mol. The quantitative estimate of drug-likeness (QED) is 0.787. The van der Waals surface area contributed by atoms with Gasteiger partial charge in [-0.15, -0.1) is 0 Å². The van der Waals surface area contributed by atoms with E-state index in [0.717, 1.165) is 29.5 Å². The van der Waals surface area contributed by atoms with Crippen LogP contribution in [0.1, 0.15) is 24.5 Å². The zero-order chi connectivity index (χ0) is 11.7. The molecule has 1 aliphatic carbocycles. The third-order valence-corrected chi connectivity index (χ3v) is 4.06. The summed E-state index contributed by atoms with van der Waals surface area (Å²) in [6.07, 6.45) is 3.34. The van der Waals surface area contributed by atoms with E-state index in [1.807, 2.05) is 6.20 Å². The van der Waals surface area contributed by atoms with Crippen LogP contribution in [0, 0.1) is 18.8 Å². The molecule has 0 aliphatic heterocycles. The largest absolute Gasteiger partial charge is 0.359 e. The molecule has 0 spiro atoms. The SMILES string of the molecule is Cc1cc(CBr)cnc1N(C)CC1CC1C. The van der Waals surface area contributed by atoms with Gasteiger partial charge in [0.25, 0.3) is 0 Å². The van der Waals surface area contributed by atoms with E-state index in [9.17, 15) is 0 Å². The smallest absolute Gasteiger partial charge is 0.131 e. The van der Waals surface area contributed by atoms with E-state index in [1.54, 1.807) is 0 Å². The number of alkyl halides is 1. The fourth-order valence-electron chi connectivity index (χ4n) is 2.19. The second kappa shape index (κ2) is 4.74. The molecule has 1 saturated carbocycles. The minimum Gasteiger partial charge on any atom is -0.359 e. The minimum absolute atomic E-state index is 0.877. The lowest BCUT2D eigenvalue weighted by Gasteiger charge is -2.20. The first kappa shape index (κ1) is 11.9. The van der Waals surface area contributed by atoms with Crippen LogP contribution in [0.15, 0.2) is 12.3 Å². The molecule has 1 aliphatic rings. The van der Waals surface area contributed by atoms with Crippen molar-refractivity contribution < 1.29 is 0 Å². The summed E-state index contributed by atoms with van der Waals surface area (Å²) in [5.74, 6) is 2.91. The maximum absolute atomic E-state index is 4.55. The number of halogens is 1. The van der Waals surface area contributed by atoms with Crippen LogP contribution in [0.25, 0.3) is 0 Å². The Morgan fingerprint density at radius 2 is 2.25 bits per heavy atom. The highest BCUT2D eigenvalue weighted by atomic mass is 79.9. The minimum atomic E-state index is 0.877. The molecule has 3 heteroatoms. The Balaban J connectivity index is 2.07. The van der Waals surface area contributed by atoms with Crippen LogP contribution >= 0.6 is 15.9 Å². The maximum atomic E-state index is 4.55. The average molecular weight is 283 g/mol. The summed E-state index contributed by atoms with van der Waals surface area (Å²) in [4.78, 5) is 6.84. The third kappa shape index (κ3) is 2.57. The van der Waals surface area contributed by atoms with Gasteiger partial charge in [-0.3, -0.25) is 0 Å². The van der Waals surface area contributed by atoms with Crippen LogP contribution in [0.5, 0.6) is 0 Å². The number of pyridine rings is 1. The van der Waals surface area contributed by atoms with E-state index in [4.69, 9.17) is 0 Å². The van der Waals surface area contributed by atoms with Crippen molar-refractivity contribution in [2.75, 3.05) is 18.5 Å². The summed E-state index contributed by atoms with van der Waals surface area (Å²) in [6, 6.07) is 2.21. The highest BCUT2D eigenvalue weighted by Gasteiger charge is 2.33. The van der Waals surface area contributed by atoms with Gasteiger partial charge in [0.05, 0.1) is 0 Å². The molecular weight excluding hydrogens is 264 g/mol. The molecule has 1 heterocycles. The maximum Gasteiger partial charge on any atom is 0.131 e. The summed E-state index contributed by atoms with van der Waals surface area (Å²) in [6.45, 7) is 5.61. The molecule has 0 saturated heterocycles. The summed E-state index contributed by atoms with van der Waals surface area (Å²) < 4.78 is 0. The van der Waals surface area contributed by atoms with Gasteiger partial charge in [0.15, 0.2) is 0 Å². The highest BCUT2D eigenvalue weighted by Crippen LogP contribution is 2.38. The Morgan fingerprint density at radius 3 is 2.75 bits per heavy atom. The van der Waals surface area contributed by atoms with Crippen LogP contribution in [0.3, 0.4) is 0 Å². The molecule has 2 atom stereocenters. The van der Waals surface area contributed by atoms with E-state index in [2.05, 4.69) is 52.8 Å². The summed E-state index contributed by atoms with van der Waals surface area (Å²) >= 11 is 3.46. The second-order valence-electron chi connectivity index (χ2n) is 4.97. The molecule has 0 aromatic carbocycles. The van der Waals surface area contributed by atoms with Gasteiger partial charge in [0.1, 0.15) is 5.82 Å². The van der Waals surface area contributed by atoms with Crippen LogP contribution < -0.4 is 4.90 Å². The first-order chi connectivity index (χ1) is 7.61. The van der Waals surface area contributed by atoms with Crippen LogP contribution in [0.4, 0.5) is 5.82 Å². The number of nitrogens with zero attached hydrogens (tertiary/aromatic N) is 2. The average Bonchev–Trinajstić information content (AvgIpc) is 2.93. The van der Waals surface area contributed by atoms with Gasteiger partial charge in [-0.2, -0.15) is 0 Å². The van der Waals surface area contributed by atoms with Gasteiger partial charge in [-0.05, 0) is 36.3 Å². The summed E-state index contributed by atoms with van der Waals surface area (Å²) in [5.41, 5.74) is 2.52. The molecule has 0 radical (unpaired) electrons. The molecule has 16 heavy (non-hydrogen) atoms. The predicted octanol–water partition coefficient (Wildman–Crippen LogP) is 3.38. The Bertz CT molecular complexity index is 378. The van der Waals surface area contributed by atoms with E-state index in [-0.39, 0.29) is 0 Å². The first-order valence-electron chi connectivity index (χ1n) is 5.84. The molecule has 2 rings (SSSR count). The first-order valence-corrected chi connectivity index (χ1v) is 6.96. The zero-order valence-electron chi connectivity index (χ0n) is 10.2. The van der Waals surface area contributed by atoms with Crippen molar-refractivity contribution in [1.29, 1.82) is 0 Å². The Morgan fingerprint density at radius 1 is 1.56 bits per heavy atom. The van der Waals surface area contributed by atoms with Gasteiger partial charge in [-0.1, -0.05) is 28.9 Å². The lowest BCUT2D eigenvalue weighted by molar-refractivity contribution is 0.718. The number of hydrogen-bond donors (Lipinski definition) is 0. The molecule has 2 nitrogen and oxygen atoms in total. The Kier molecular flexibility index (Phi) is 3.53. The predicted molar refractivity (Wildman–Crippen MR) is 72.1 cm³/mol. The topological polar surface area (TPSA) is 16.1 Å². The molecule has 1 fully saturated rings. The number of rotatable bonds is 4. The fraction of sp³-hybridized carbons (Fsp3) is 0.615. The third-order valence-electron chi connectivity index (χ3n) is 3.41. The normalized spacial score (nSPS) is 23.2. The number of aryl methyl sites for hydroxylation is 1. The Labute approximate surface area is 106 Å². The number of aromatic nitrogens is 1. The lowest BCUT2D eigenvalue weighted by Crippen LogP contribution is -2.22. The van der Waals surface area contributed by atoms with E-state index >= 15 is 0 Å². The van der Waals surface area contributed by atoms with Gasteiger partial charge in [0.2, 0.25) is 0 Å². The van der Waals surface area contributed by atoms with E-state index in [0.29, 0.717) is 0 Å². The van der Waals surface area contributed by atoms with Crippen LogP contribution in [0.2, 0.25) is 0 Å². The lowest BCUT2D eigenvalue weighted by atomic mass is 10.2. The summed E-state index contributed by atoms with van der Waals surface area (Å²) in [5, 5.41) is 0.879.